The van der Waals surface area contributed by atoms with Crippen LogP contribution in [0.25, 0.3) is 10.9 Å². The molecule has 0 spiro atoms. The Morgan fingerprint density at radius 1 is 0.971 bits per heavy atom. The van der Waals surface area contributed by atoms with Crippen molar-refractivity contribution < 1.29 is 23.3 Å². The minimum Gasteiger partial charge on any atom is -0.488 e. The van der Waals surface area contributed by atoms with E-state index in [2.05, 4.69) is 21.4 Å². The highest BCUT2D eigenvalue weighted by Crippen LogP contribution is 2.35. The summed E-state index contributed by atoms with van der Waals surface area (Å²) in [6, 6.07) is 17.1. The summed E-state index contributed by atoms with van der Waals surface area (Å²) in [5.74, 6) is 1.80. The van der Waals surface area contributed by atoms with E-state index >= 15 is 0 Å². The van der Waals surface area contributed by atoms with Crippen LogP contribution in [0, 0.1) is 17.1 Å². The molecule has 0 amide bonds. The summed E-state index contributed by atoms with van der Waals surface area (Å²) in [5, 5.41) is 13.6. The van der Waals surface area contributed by atoms with Crippen LogP contribution < -0.4 is 19.5 Å². The first kappa shape index (κ1) is 22.4. The van der Waals surface area contributed by atoms with Crippen LogP contribution in [-0.4, -0.2) is 36.4 Å². The molecular weight excluding hydrogens is 451 g/mol. The third-order valence-electron chi connectivity index (χ3n) is 5.32. The van der Waals surface area contributed by atoms with E-state index in [1.807, 2.05) is 12.1 Å². The molecule has 1 aliphatic heterocycles. The summed E-state index contributed by atoms with van der Waals surface area (Å²) < 4.78 is 36.2. The standard InChI is InChI=1S/C26H21FN4O4/c27-19-3-1-2-17(10-19)15-35-23-5-4-20(11-18(23)14-28)31-26-21-12-24-25(13-22(21)29-16-30-26)34-9-7-32-6-8-33-24/h1-5,10-13,16H,6-9,15H2,(H,29,30,31). The Balaban J connectivity index is 1.39. The van der Waals surface area contributed by atoms with E-state index in [0.29, 0.717) is 71.8 Å². The fourth-order valence-electron chi connectivity index (χ4n) is 3.66. The Kier molecular flexibility index (Phi) is 6.55. The van der Waals surface area contributed by atoms with Crippen LogP contribution in [0.15, 0.2) is 60.9 Å². The molecule has 0 atom stereocenters. The molecule has 0 fully saturated rings. The van der Waals surface area contributed by atoms with E-state index in [1.54, 1.807) is 30.3 Å². The molecule has 9 heteroatoms. The molecule has 0 aliphatic carbocycles. The molecular formula is C26H21FN4O4. The number of fused-ring (bicyclic) bond motifs is 2. The first-order valence-corrected chi connectivity index (χ1v) is 11.0. The summed E-state index contributed by atoms with van der Waals surface area (Å²) in [6.07, 6.45) is 1.46. The zero-order chi connectivity index (χ0) is 24.0. The van der Waals surface area contributed by atoms with Gasteiger partial charge in [0.05, 0.1) is 24.3 Å². The van der Waals surface area contributed by atoms with Gasteiger partial charge < -0.3 is 24.3 Å². The zero-order valence-electron chi connectivity index (χ0n) is 18.7. The van der Waals surface area contributed by atoms with Crippen LogP contribution in [0.1, 0.15) is 11.1 Å². The Bertz CT molecular complexity index is 1410. The third-order valence-corrected chi connectivity index (χ3v) is 5.32. The highest BCUT2D eigenvalue weighted by molar-refractivity contribution is 5.93. The Hall–Kier alpha value is -4.42. The monoisotopic (exact) mass is 472 g/mol. The van der Waals surface area contributed by atoms with Crippen molar-refractivity contribution in [2.75, 3.05) is 31.7 Å². The summed E-state index contributed by atoms with van der Waals surface area (Å²) >= 11 is 0. The highest BCUT2D eigenvalue weighted by Gasteiger charge is 2.14. The number of benzene rings is 3. The molecule has 2 heterocycles. The number of halogens is 1. The first-order valence-electron chi connectivity index (χ1n) is 11.0. The first-order chi connectivity index (χ1) is 17.2. The van der Waals surface area contributed by atoms with Gasteiger partial charge in [0.2, 0.25) is 0 Å². The van der Waals surface area contributed by atoms with Gasteiger partial charge in [0.15, 0.2) is 11.5 Å². The zero-order valence-corrected chi connectivity index (χ0v) is 18.7. The van der Waals surface area contributed by atoms with Crippen molar-refractivity contribution in [1.29, 1.82) is 5.26 Å². The molecule has 0 bridgehead atoms. The topological polar surface area (TPSA) is 98.5 Å². The molecule has 3 aromatic carbocycles. The number of rotatable bonds is 5. The Morgan fingerprint density at radius 2 is 1.80 bits per heavy atom. The second-order valence-electron chi connectivity index (χ2n) is 7.71. The number of nitriles is 1. The van der Waals surface area contributed by atoms with Crippen LogP contribution in [0.3, 0.4) is 0 Å². The predicted octanol–water partition coefficient (Wildman–Crippen LogP) is 4.75. The van der Waals surface area contributed by atoms with Gasteiger partial charge in [-0.25, -0.2) is 14.4 Å². The minimum atomic E-state index is -0.337. The van der Waals surface area contributed by atoms with Crippen molar-refractivity contribution in [1.82, 2.24) is 9.97 Å². The van der Waals surface area contributed by atoms with Gasteiger partial charge in [-0.1, -0.05) is 12.1 Å². The number of hydrogen-bond donors (Lipinski definition) is 1. The van der Waals surface area contributed by atoms with E-state index in [-0.39, 0.29) is 12.4 Å². The number of aromatic nitrogens is 2. The second-order valence-corrected chi connectivity index (χ2v) is 7.71. The van der Waals surface area contributed by atoms with Crippen LogP contribution in [0.5, 0.6) is 17.2 Å². The van der Waals surface area contributed by atoms with Crippen molar-refractivity contribution in [2.45, 2.75) is 6.61 Å². The predicted molar refractivity (Wildman–Crippen MR) is 127 cm³/mol. The van der Waals surface area contributed by atoms with Crippen molar-refractivity contribution in [2.24, 2.45) is 0 Å². The van der Waals surface area contributed by atoms with Crippen molar-refractivity contribution in [3.63, 3.8) is 0 Å². The summed E-state index contributed by atoms with van der Waals surface area (Å²) in [7, 11) is 0. The van der Waals surface area contributed by atoms with Crippen molar-refractivity contribution in [3.8, 4) is 23.3 Å². The van der Waals surface area contributed by atoms with Gasteiger partial charge in [-0.05, 0) is 42.0 Å². The SMILES string of the molecule is N#Cc1cc(Nc2ncnc3cc4c(cc23)OCCOCCO4)ccc1OCc1cccc(F)c1. The number of ether oxygens (including phenoxy) is 4. The molecule has 4 aromatic rings. The van der Waals surface area contributed by atoms with Gasteiger partial charge >= 0.3 is 0 Å². The molecule has 1 N–H and O–H groups in total. The molecule has 1 aliphatic rings. The second kappa shape index (κ2) is 10.2. The van der Waals surface area contributed by atoms with Gasteiger partial charge in [-0.15, -0.1) is 0 Å². The molecule has 1 aromatic heterocycles. The lowest BCUT2D eigenvalue weighted by molar-refractivity contribution is 0.0877. The minimum absolute atomic E-state index is 0.147. The van der Waals surface area contributed by atoms with Gasteiger partial charge in [0.1, 0.15) is 49.6 Å². The van der Waals surface area contributed by atoms with Crippen LogP contribution in [0.2, 0.25) is 0 Å². The molecule has 35 heavy (non-hydrogen) atoms. The van der Waals surface area contributed by atoms with Crippen molar-refractivity contribution in [3.05, 3.63) is 77.9 Å². The number of nitrogens with one attached hydrogen (secondary N) is 1. The van der Waals surface area contributed by atoms with Gasteiger partial charge in [0.25, 0.3) is 0 Å². The molecule has 8 nitrogen and oxygen atoms in total. The maximum atomic E-state index is 13.4. The lowest BCUT2D eigenvalue weighted by atomic mass is 10.1. The Labute approximate surface area is 200 Å². The van der Waals surface area contributed by atoms with Crippen LogP contribution >= 0.6 is 0 Å². The molecule has 0 saturated carbocycles. The fraction of sp³-hybridized carbons (Fsp3) is 0.192. The van der Waals surface area contributed by atoms with Gasteiger partial charge in [0, 0.05) is 17.1 Å². The largest absolute Gasteiger partial charge is 0.488 e. The number of anilines is 2. The maximum Gasteiger partial charge on any atom is 0.163 e. The third kappa shape index (κ3) is 5.23. The van der Waals surface area contributed by atoms with E-state index in [0.717, 1.165) is 5.39 Å². The smallest absolute Gasteiger partial charge is 0.163 e. The normalized spacial score (nSPS) is 13.3. The average molecular weight is 472 g/mol. The van der Waals surface area contributed by atoms with E-state index < -0.39 is 0 Å². The lowest BCUT2D eigenvalue weighted by Crippen LogP contribution is -2.08. The van der Waals surface area contributed by atoms with Crippen LogP contribution in [-0.2, 0) is 11.3 Å². The number of nitrogens with zero attached hydrogens (tertiary/aromatic N) is 3. The molecule has 176 valence electrons. The molecule has 0 saturated heterocycles. The molecule has 5 rings (SSSR count). The lowest BCUT2D eigenvalue weighted by Gasteiger charge is -2.14. The summed E-state index contributed by atoms with van der Waals surface area (Å²) in [4.78, 5) is 8.74. The number of hydrogen-bond acceptors (Lipinski definition) is 8. The van der Waals surface area contributed by atoms with Gasteiger partial charge in [-0.2, -0.15) is 5.26 Å². The van der Waals surface area contributed by atoms with Gasteiger partial charge in [-0.3, -0.25) is 0 Å². The molecule has 0 unspecified atom stereocenters. The summed E-state index contributed by atoms with van der Waals surface area (Å²) in [5.41, 5.74) is 2.34. The highest BCUT2D eigenvalue weighted by atomic mass is 19.1. The average Bonchev–Trinajstić information content (AvgIpc) is 2.99. The fourth-order valence-corrected chi connectivity index (χ4v) is 3.66. The maximum absolute atomic E-state index is 13.4. The van der Waals surface area contributed by atoms with Crippen molar-refractivity contribution >= 4 is 22.4 Å². The van der Waals surface area contributed by atoms with E-state index in [1.165, 1.54) is 18.5 Å². The quantitative estimate of drug-likeness (QED) is 0.444. The Morgan fingerprint density at radius 3 is 2.60 bits per heavy atom. The van der Waals surface area contributed by atoms with E-state index in [4.69, 9.17) is 18.9 Å². The summed E-state index contributed by atoms with van der Waals surface area (Å²) in [6.45, 7) is 1.93. The van der Waals surface area contributed by atoms with E-state index in [9.17, 15) is 9.65 Å². The van der Waals surface area contributed by atoms with Crippen LogP contribution in [0.4, 0.5) is 15.9 Å². The molecule has 0 radical (unpaired) electrons.